The third-order valence-corrected chi connectivity index (χ3v) is 2.21. The predicted molar refractivity (Wildman–Crippen MR) is 57.5 cm³/mol. The van der Waals surface area contributed by atoms with Crippen LogP contribution in [0.2, 0.25) is 0 Å². The van der Waals surface area contributed by atoms with Gasteiger partial charge in [-0.15, -0.1) is 0 Å². The van der Waals surface area contributed by atoms with Crippen LogP contribution in [0.1, 0.15) is 17.3 Å². The molecule has 0 aliphatic carbocycles. The Balaban J connectivity index is 3.14. The summed E-state index contributed by atoms with van der Waals surface area (Å²) in [6, 6.07) is 4.79. The van der Waals surface area contributed by atoms with Gasteiger partial charge in [0.1, 0.15) is 0 Å². The second-order valence-corrected chi connectivity index (χ2v) is 3.40. The number of hydrogen-bond donors (Lipinski definition) is 1. The summed E-state index contributed by atoms with van der Waals surface area (Å²) < 4.78 is 37.0. The molecule has 1 aromatic carbocycles. The van der Waals surface area contributed by atoms with Crippen molar-refractivity contribution in [3.05, 3.63) is 29.8 Å². The number of halogens is 3. The van der Waals surface area contributed by atoms with Crippen LogP contribution in [-0.4, -0.2) is 29.7 Å². The zero-order valence-corrected chi connectivity index (χ0v) is 9.36. The van der Waals surface area contributed by atoms with Gasteiger partial charge in [0.2, 0.25) is 0 Å². The first-order chi connectivity index (χ1) is 8.27. The number of amides is 1. The molecule has 18 heavy (non-hydrogen) atoms. The van der Waals surface area contributed by atoms with Crippen LogP contribution < -0.4 is 4.90 Å². The summed E-state index contributed by atoms with van der Waals surface area (Å²) >= 11 is 0. The number of rotatable bonds is 3. The molecular formula is C11H10F3NO3. The van der Waals surface area contributed by atoms with Crippen molar-refractivity contribution >= 4 is 17.6 Å². The van der Waals surface area contributed by atoms with Crippen molar-refractivity contribution in [1.29, 1.82) is 0 Å². The standard InChI is InChI=1S/C11H10F3NO3/c1-2-15(10(18)11(12,13)14)8-5-3-4-7(6-8)9(16)17/h3-6H,2H2,1H3,(H,16,17). The first-order valence-corrected chi connectivity index (χ1v) is 4.99. The van der Waals surface area contributed by atoms with Crippen molar-refractivity contribution in [3.63, 3.8) is 0 Å². The Labute approximate surface area is 101 Å². The molecule has 4 nitrogen and oxygen atoms in total. The fraction of sp³-hybridized carbons (Fsp3) is 0.273. The second kappa shape index (κ2) is 5.07. The van der Waals surface area contributed by atoms with Crippen LogP contribution in [0.15, 0.2) is 24.3 Å². The lowest BCUT2D eigenvalue weighted by molar-refractivity contribution is -0.170. The maximum atomic E-state index is 12.3. The lowest BCUT2D eigenvalue weighted by atomic mass is 10.2. The van der Waals surface area contributed by atoms with Gasteiger partial charge in [-0.1, -0.05) is 6.07 Å². The van der Waals surface area contributed by atoms with Gasteiger partial charge in [0.05, 0.1) is 5.56 Å². The minimum absolute atomic E-state index is 0.0975. The number of hydrogen-bond acceptors (Lipinski definition) is 2. The van der Waals surface area contributed by atoms with Gasteiger partial charge in [-0.05, 0) is 25.1 Å². The maximum Gasteiger partial charge on any atom is 0.471 e. The molecule has 1 aromatic rings. The molecule has 1 N–H and O–H groups in total. The number of aromatic carboxylic acids is 1. The highest BCUT2D eigenvalue weighted by molar-refractivity contribution is 5.98. The van der Waals surface area contributed by atoms with Crippen LogP contribution >= 0.6 is 0 Å². The Bertz CT molecular complexity index is 471. The van der Waals surface area contributed by atoms with E-state index in [2.05, 4.69) is 0 Å². The number of anilines is 1. The Kier molecular flexibility index (Phi) is 3.95. The largest absolute Gasteiger partial charge is 0.478 e. The Hall–Kier alpha value is -2.05. The number of alkyl halides is 3. The van der Waals surface area contributed by atoms with Crippen LogP contribution in [0.4, 0.5) is 18.9 Å². The van der Waals surface area contributed by atoms with Crippen molar-refractivity contribution < 1.29 is 27.9 Å². The molecule has 0 fully saturated rings. The van der Waals surface area contributed by atoms with E-state index in [0.717, 1.165) is 6.07 Å². The fourth-order valence-corrected chi connectivity index (χ4v) is 1.40. The first kappa shape index (κ1) is 14.0. The van der Waals surface area contributed by atoms with Crippen LogP contribution in [0.25, 0.3) is 0 Å². The summed E-state index contributed by atoms with van der Waals surface area (Å²) in [6.07, 6.45) is -4.99. The predicted octanol–water partition coefficient (Wildman–Crippen LogP) is 2.30. The summed E-state index contributed by atoms with van der Waals surface area (Å²) in [6.45, 7) is 1.17. The third-order valence-electron chi connectivity index (χ3n) is 2.21. The van der Waals surface area contributed by atoms with Crippen molar-refractivity contribution in [1.82, 2.24) is 0 Å². The van der Waals surface area contributed by atoms with Gasteiger partial charge < -0.3 is 10.0 Å². The van der Waals surface area contributed by atoms with Crippen LogP contribution in [0.3, 0.4) is 0 Å². The van der Waals surface area contributed by atoms with Gasteiger partial charge in [0, 0.05) is 12.2 Å². The number of nitrogens with zero attached hydrogens (tertiary/aromatic N) is 1. The average molecular weight is 261 g/mol. The summed E-state index contributed by atoms with van der Waals surface area (Å²) in [5.74, 6) is -3.29. The van der Waals surface area contributed by atoms with E-state index in [-0.39, 0.29) is 17.8 Å². The van der Waals surface area contributed by atoms with Gasteiger partial charge in [-0.25, -0.2) is 4.79 Å². The van der Waals surface area contributed by atoms with E-state index in [1.54, 1.807) is 0 Å². The molecule has 1 rings (SSSR count). The van der Waals surface area contributed by atoms with E-state index < -0.39 is 18.1 Å². The number of carbonyl (C=O) groups is 2. The second-order valence-electron chi connectivity index (χ2n) is 3.40. The molecule has 0 radical (unpaired) electrons. The van der Waals surface area contributed by atoms with Crippen molar-refractivity contribution in [3.8, 4) is 0 Å². The lowest BCUT2D eigenvalue weighted by Crippen LogP contribution is -2.41. The van der Waals surface area contributed by atoms with Crippen molar-refractivity contribution in [2.45, 2.75) is 13.1 Å². The zero-order chi connectivity index (χ0) is 13.9. The molecular weight excluding hydrogens is 251 g/mol. The van der Waals surface area contributed by atoms with Gasteiger partial charge in [-0.3, -0.25) is 4.79 Å². The highest BCUT2D eigenvalue weighted by Crippen LogP contribution is 2.24. The van der Waals surface area contributed by atoms with Crippen molar-refractivity contribution in [2.75, 3.05) is 11.4 Å². The smallest absolute Gasteiger partial charge is 0.471 e. The number of carbonyl (C=O) groups excluding carboxylic acids is 1. The van der Waals surface area contributed by atoms with Gasteiger partial charge in [-0.2, -0.15) is 13.2 Å². The molecule has 0 saturated heterocycles. The maximum absolute atomic E-state index is 12.3. The Morgan fingerprint density at radius 3 is 2.39 bits per heavy atom. The molecule has 0 heterocycles. The van der Waals surface area contributed by atoms with E-state index >= 15 is 0 Å². The molecule has 98 valence electrons. The fourth-order valence-electron chi connectivity index (χ4n) is 1.40. The highest BCUT2D eigenvalue weighted by atomic mass is 19.4. The monoisotopic (exact) mass is 261 g/mol. The van der Waals surface area contributed by atoms with Gasteiger partial charge >= 0.3 is 18.1 Å². The van der Waals surface area contributed by atoms with E-state index in [4.69, 9.17) is 5.11 Å². The average Bonchev–Trinajstić information content (AvgIpc) is 2.29. The molecule has 0 aliphatic rings. The van der Waals surface area contributed by atoms with E-state index in [1.807, 2.05) is 0 Å². The van der Waals surface area contributed by atoms with Crippen LogP contribution in [-0.2, 0) is 4.79 Å². The minimum Gasteiger partial charge on any atom is -0.478 e. The molecule has 1 amide bonds. The molecule has 0 aliphatic heterocycles. The van der Waals surface area contributed by atoms with E-state index in [1.165, 1.54) is 25.1 Å². The summed E-state index contributed by atoms with van der Waals surface area (Å²) in [7, 11) is 0. The normalized spacial score (nSPS) is 11.1. The highest BCUT2D eigenvalue weighted by Gasteiger charge is 2.42. The van der Waals surface area contributed by atoms with Gasteiger partial charge in [0.15, 0.2) is 0 Å². The summed E-state index contributed by atoms with van der Waals surface area (Å²) in [4.78, 5) is 22.3. The van der Waals surface area contributed by atoms with E-state index in [0.29, 0.717) is 4.90 Å². The number of carboxylic acids is 1. The van der Waals surface area contributed by atoms with Crippen molar-refractivity contribution in [2.24, 2.45) is 0 Å². The SMILES string of the molecule is CCN(C(=O)C(F)(F)F)c1cccc(C(=O)O)c1. The lowest BCUT2D eigenvalue weighted by Gasteiger charge is -2.22. The van der Waals surface area contributed by atoms with Crippen LogP contribution in [0.5, 0.6) is 0 Å². The topological polar surface area (TPSA) is 57.6 Å². The molecule has 0 atom stereocenters. The molecule has 0 saturated carbocycles. The number of carboxylic acid groups (broad SMARTS) is 1. The summed E-state index contributed by atoms with van der Waals surface area (Å²) in [5, 5.41) is 8.74. The summed E-state index contributed by atoms with van der Waals surface area (Å²) in [5.41, 5.74) is -0.277. The van der Waals surface area contributed by atoms with Gasteiger partial charge in [0.25, 0.3) is 0 Å². The Morgan fingerprint density at radius 1 is 1.33 bits per heavy atom. The number of benzene rings is 1. The van der Waals surface area contributed by atoms with Crippen LogP contribution in [0, 0.1) is 0 Å². The molecule has 0 spiro atoms. The molecule has 7 heteroatoms. The third kappa shape index (κ3) is 2.99. The molecule has 0 bridgehead atoms. The van der Waals surface area contributed by atoms with E-state index in [9.17, 15) is 22.8 Å². The molecule has 0 aromatic heterocycles. The minimum atomic E-state index is -4.99. The molecule has 0 unspecified atom stereocenters. The quantitative estimate of drug-likeness (QED) is 0.908. The zero-order valence-electron chi connectivity index (χ0n) is 9.36. The Morgan fingerprint density at radius 2 is 1.94 bits per heavy atom. The first-order valence-electron chi connectivity index (χ1n) is 4.99.